The summed E-state index contributed by atoms with van der Waals surface area (Å²) in [6.45, 7) is 3.00. The van der Waals surface area contributed by atoms with Gasteiger partial charge in [-0.3, -0.25) is 0 Å². The van der Waals surface area contributed by atoms with Gasteiger partial charge in [-0.2, -0.15) is 0 Å². The molecule has 0 amide bonds. The van der Waals surface area contributed by atoms with Crippen LogP contribution in [0.5, 0.6) is 5.75 Å². The maximum atomic E-state index is 10.5. The predicted molar refractivity (Wildman–Crippen MR) is 59.2 cm³/mol. The average Bonchev–Trinajstić information content (AvgIpc) is 2.64. The lowest BCUT2D eigenvalue weighted by Crippen LogP contribution is -1.96. The first kappa shape index (κ1) is 9.77. The first-order valence-corrected chi connectivity index (χ1v) is 5.01. The molecule has 0 unspecified atom stereocenters. The number of benzene rings is 1. The normalized spacial score (nSPS) is 10.5. The molecule has 3 nitrogen and oxygen atoms in total. The molecule has 0 spiro atoms. The Morgan fingerprint density at radius 1 is 1.40 bits per heavy atom. The molecular formula is C12H13NO2. The summed E-state index contributed by atoms with van der Waals surface area (Å²) in [5, 5.41) is 1.06. The second-order valence-electron chi connectivity index (χ2n) is 3.26. The van der Waals surface area contributed by atoms with Crippen molar-refractivity contribution < 1.29 is 9.53 Å². The average molecular weight is 203 g/mol. The molecule has 15 heavy (non-hydrogen) atoms. The summed E-state index contributed by atoms with van der Waals surface area (Å²) in [6.07, 6.45) is 2.80. The third kappa shape index (κ3) is 1.73. The zero-order valence-electron chi connectivity index (χ0n) is 8.64. The molecule has 0 atom stereocenters. The number of nitrogens with zero attached hydrogens (tertiary/aromatic N) is 1. The van der Waals surface area contributed by atoms with E-state index in [1.807, 2.05) is 42.0 Å². The van der Waals surface area contributed by atoms with Crippen molar-refractivity contribution in [1.82, 2.24) is 4.57 Å². The summed E-state index contributed by atoms with van der Waals surface area (Å²) in [4.78, 5) is 10.5. The summed E-state index contributed by atoms with van der Waals surface area (Å²) in [6, 6.07) is 7.84. The van der Waals surface area contributed by atoms with Gasteiger partial charge in [-0.25, -0.2) is 0 Å². The number of carbonyl (C=O) groups is 1. The molecule has 1 heterocycles. The molecule has 0 aliphatic heterocycles. The van der Waals surface area contributed by atoms with E-state index < -0.39 is 0 Å². The number of aromatic nitrogens is 1. The Bertz CT molecular complexity index is 473. The van der Waals surface area contributed by atoms with Gasteiger partial charge in [-0.1, -0.05) is 6.07 Å². The van der Waals surface area contributed by atoms with Crippen molar-refractivity contribution in [3.05, 3.63) is 30.5 Å². The lowest BCUT2D eigenvalue weighted by Gasteiger charge is -2.05. The third-order valence-corrected chi connectivity index (χ3v) is 2.34. The van der Waals surface area contributed by atoms with Crippen molar-refractivity contribution in [2.24, 2.45) is 0 Å². The lowest BCUT2D eigenvalue weighted by atomic mass is 10.2. The van der Waals surface area contributed by atoms with Crippen LogP contribution < -0.4 is 4.74 Å². The summed E-state index contributed by atoms with van der Waals surface area (Å²) in [5.41, 5.74) is 1.04. The van der Waals surface area contributed by atoms with Crippen LogP contribution in [-0.2, 0) is 11.3 Å². The minimum atomic E-state index is 0.388. The number of rotatable bonds is 4. The summed E-state index contributed by atoms with van der Waals surface area (Å²) in [7, 11) is 0. The highest BCUT2D eigenvalue weighted by molar-refractivity contribution is 5.86. The third-order valence-electron chi connectivity index (χ3n) is 2.34. The van der Waals surface area contributed by atoms with E-state index in [2.05, 4.69) is 0 Å². The Morgan fingerprint density at radius 3 is 3.00 bits per heavy atom. The smallest absolute Gasteiger partial charge is 0.139 e. The summed E-state index contributed by atoms with van der Waals surface area (Å²) >= 11 is 0. The fourth-order valence-corrected chi connectivity index (χ4v) is 1.72. The highest BCUT2D eigenvalue weighted by Gasteiger charge is 2.05. The monoisotopic (exact) mass is 203 g/mol. The van der Waals surface area contributed by atoms with E-state index in [1.165, 1.54) is 0 Å². The molecule has 2 rings (SSSR count). The van der Waals surface area contributed by atoms with Crippen LogP contribution in [0.3, 0.4) is 0 Å². The standard InChI is InChI=1S/C12H13NO2/c1-2-15-12-5-3-4-11-10(12)6-7-13(11)8-9-14/h3-7,9H,2,8H2,1H3. The molecule has 78 valence electrons. The Labute approximate surface area is 88.3 Å². The van der Waals surface area contributed by atoms with Crippen LogP contribution in [0.1, 0.15) is 6.92 Å². The van der Waals surface area contributed by atoms with Crippen molar-refractivity contribution in [1.29, 1.82) is 0 Å². The van der Waals surface area contributed by atoms with Gasteiger partial charge in [0.2, 0.25) is 0 Å². The number of fused-ring (bicyclic) bond motifs is 1. The van der Waals surface area contributed by atoms with E-state index in [-0.39, 0.29) is 0 Å². The minimum Gasteiger partial charge on any atom is -0.493 e. The van der Waals surface area contributed by atoms with E-state index in [1.54, 1.807) is 0 Å². The van der Waals surface area contributed by atoms with Crippen molar-refractivity contribution in [3.8, 4) is 5.75 Å². The fourth-order valence-electron chi connectivity index (χ4n) is 1.72. The Balaban J connectivity index is 2.52. The van der Waals surface area contributed by atoms with Crippen molar-refractivity contribution in [2.75, 3.05) is 6.61 Å². The first-order chi connectivity index (χ1) is 7.36. The van der Waals surface area contributed by atoms with Crippen molar-refractivity contribution in [2.45, 2.75) is 13.5 Å². The Hall–Kier alpha value is -1.77. The Morgan fingerprint density at radius 2 is 2.27 bits per heavy atom. The largest absolute Gasteiger partial charge is 0.493 e. The van der Waals surface area contributed by atoms with E-state index in [0.717, 1.165) is 22.9 Å². The summed E-state index contributed by atoms with van der Waals surface area (Å²) in [5.74, 6) is 0.875. The number of ether oxygens (including phenoxy) is 1. The van der Waals surface area contributed by atoms with Gasteiger partial charge in [0.05, 0.1) is 18.7 Å². The van der Waals surface area contributed by atoms with Gasteiger partial charge < -0.3 is 14.1 Å². The van der Waals surface area contributed by atoms with Gasteiger partial charge in [0, 0.05) is 11.6 Å². The van der Waals surface area contributed by atoms with E-state index in [0.29, 0.717) is 13.2 Å². The molecular weight excluding hydrogens is 190 g/mol. The van der Waals surface area contributed by atoms with Crippen LogP contribution >= 0.6 is 0 Å². The van der Waals surface area contributed by atoms with Gasteiger partial charge in [-0.05, 0) is 25.1 Å². The molecule has 0 aliphatic carbocycles. The zero-order valence-corrected chi connectivity index (χ0v) is 8.64. The van der Waals surface area contributed by atoms with Crippen LogP contribution in [0.25, 0.3) is 10.9 Å². The fraction of sp³-hybridized carbons (Fsp3) is 0.250. The molecule has 0 saturated heterocycles. The maximum Gasteiger partial charge on any atom is 0.139 e. The molecule has 0 radical (unpaired) electrons. The zero-order chi connectivity index (χ0) is 10.7. The van der Waals surface area contributed by atoms with Crippen LogP contribution in [0.4, 0.5) is 0 Å². The van der Waals surface area contributed by atoms with Gasteiger partial charge in [0.25, 0.3) is 0 Å². The number of carbonyl (C=O) groups excluding carboxylic acids is 1. The maximum absolute atomic E-state index is 10.5. The first-order valence-electron chi connectivity index (χ1n) is 5.01. The predicted octanol–water partition coefficient (Wildman–Crippen LogP) is 2.24. The number of aldehydes is 1. The van der Waals surface area contributed by atoms with E-state index in [4.69, 9.17) is 4.74 Å². The summed E-state index contributed by atoms with van der Waals surface area (Å²) < 4.78 is 7.42. The molecule has 1 aromatic carbocycles. The second kappa shape index (κ2) is 4.17. The van der Waals surface area contributed by atoms with Gasteiger partial charge in [-0.15, -0.1) is 0 Å². The second-order valence-corrected chi connectivity index (χ2v) is 3.26. The number of hydrogen-bond donors (Lipinski definition) is 0. The molecule has 0 saturated carbocycles. The minimum absolute atomic E-state index is 0.388. The topological polar surface area (TPSA) is 31.2 Å². The quantitative estimate of drug-likeness (QED) is 0.713. The van der Waals surface area contributed by atoms with Crippen molar-refractivity contribution in [3.63, 3.8) is 0 Å². The van der Waals surface area contributed by atoms with Crippen molar-refractivity contribution >= 4 is 17.2 Å². The molecule has 1 aromatic heterocycles. The highest BCUT2D eigenvalue weighted by atomic mass is 16.5. The van der Waals surface area contributed by atoms with Crippen LogP contribution in [-0.4, -0.2) is 17.5 Å². The highest BCUT2D eigenvalue weighted by Crippen LogP contribution is 2.26. The molecule has 3 heteroatoms. The van der Waals surface area contributed by atoms with E-state index >= 15 is 0 Å². The van der Waals surface area contributed by atoms with Crippen LogP contribution in [0.15, 0.2) is 30.5 Å². The van der Waals surface area contributed by atoms with Crippen LogP contribution in [0, 0.1) is 0 Å². The van der Waals surface area contributed by atoms with Gasteiger partial charge in [0.1, 0.15) is 12.0 Å². The molecule has 0 aliphatic rings. The lowest BCUT2D eigenvalue weighted by molar-refractivity contribution is -0.108. The molecule has 0 N–H and O–H groups in total. The SMILES string of the molecule is CCOc1cccc2c1ccn2CC=O. The molecule has 0 bridgehead atoms. The van der Waals surface area contributed by atoms with E-state index in [9.17, 15) is 4.79 Å². The number of hydrogen-bond acceptors (Lipinski definition) is 2. The van der Waals surface area contributed by atoms with Gasteiger partial charge in [0.15, 0.2) is 0 Å². The van der Waals surface area contributed by atoms with Gasteiger partial charge >= 0.3 is 0 Å². The molecule has 0 fully saturated rings. The molecule has 2 aromatic rings. The Kier molecular flexibility index (Phi) is 2.72. The van der Waals surface area contributed by atoms with Crippen LogP contribution in [0.2, 0.25) is 0 Å².